The lowest BCUT2D eigenvalue weighted by Gasteiger charge is -2.10. The van der Waals surface area contributed by atoms with Gasteiger partial charge in [-0.3, -0.25) is 4.79 Å². The molecule has 0 aliphatic carbocycles. The number of carbonyl (C=O) groups is 1. The third kappa shape index (κ3) is 1.38. The highest BCUT2D eigenvalue weighted by Gasteiger charge is 2.29. The monoisotopic (exact) mass is 281 g/mol. The van der Waals surface area contributed by atoms with Gasteiger partial charge in [0.2, 0.25) is 0 Å². The van der Waals surface area contributed by atoms with Gasteiger partial charge in [0, 0.05) is 34.1 Å². The number of carbonyl (C=O) groups excluding carboxylic acids is 1. The molecular weight excluding hydrogens is 274 g/mol. The molecule has 1 heterocycles. The Labute approximate surface area is 108 Å². The minimum Gasteiger partial charge on any atom is -0.311 e. The van der Waals surface area contributed by atoms with Crippen molar-refractivity contribution in [2.45, 2.75) is 4.90 Å². The van der Waals surface area contributed by atoms with Gasteiger partial charge in [0.05, 0.1) is 10.6 Å². The van der Waals surface area contributed by atoms with Gasteiger partial charge in [-0.2, -0.15) is 0 Å². The molecule has 0 unspecified atom stereocenters. The Morgan fingerprint density at radius 2 is 1.89 bits per heavy atom. The number of hydrogen-bond acceptors (Lipinski definition) is 3. The first-order chi connectivity index (χ1) is 8.41. The maximum Gasteiger partial charge on any atom is 0.261 e. The van der Waals surface area contributed by atoms with E-state index in [2.05, 4.69) is 0 Å². The van der Waals surface area contributed by atoms with Crippen LogP contribution in [0.15, 0.2) is 35.2 Å². The van der Waals surface area contributed by atoms with Crippen LogP contribution >= 0.6 is 10.7 Å². The highest BCUT2D eigenvalue weighted by molar-refractivity contribution is 8.14. The van der Waals surface area contributed by atoms with Gasteiger partial charge in [-0.25, -0.2) is 8.42 Å². The van der Waals surface area contributed by atoms with Crippen LogP contribution in [-0.4, -0.2) is 21.4 Å². The van der Waals surface area contributed by atoms with E-state index < -0.39 is 9.05 Å². The average molecular weight is 282 g/mol. The average Bonchev–Trinajstić information content (AvgIpc) is 2.56. The molecule has 0 atom stereocenters. The first-order valence-electron chi connectivity index (χ1n) is 5.20. The number of benzene rings is 2. The van der Waals surface area contributed by atoms with Crippen LogP contribution in [0.25, 0.3) is 10.8 Å². The Balaban J connectivity index is 2.54. The Bertz CT molecular complexity index is 798. The third-order valence-corrected chi connectivity index (χ3v) is 4.52. The third-order valence-electron chi connectivity index (χ3n) is 3.14. The smallest absolute Gasteiger partial charge is 0.261 e. The molecule has 0 N–H and O–H groups in total. The summed E-state index contributed by atoms with van der Waals surface area (Å²) < 4.78 is 23.0. The number of rotatable bonds is 1. The fraction of sp³-hybridized carbons (Fsp3) is 0.0833. The van der Waals surface area contributed by atoms with Crippen LogP contribution in [0.4, 0.5) is 5.69 Å². The van der Waals surface area contributed by atoms with Gasteiger partial charge >= 0.3 is 0 Å². The molecule has 0 saturated heterocycles. The summed E-state index contributed by atoms with van der Waals surface area (Å²) in [5, 5.41) is 1.13. The van der Waals surface area contributed by atoms with E-state index in [1.54, 1.807) is 31.3 Å². The summed E-state index contributed by atoms with van der Waals surface area (Å²) in [6.45, 7) is 0. The zero-order chi connectivity index (χ0) is 13.1. The van der Waals surface area contributed by atoms with Gasteiger partial charge in [-0.15, -0.1) is 0 Å². The van der Waals surface area contributed by atoms with Crippen molar-refractivity contribution >= 4 is 42.1 Å². The molecule has 3 rings (SSSR count). The molecule has 2 aromatic rings. The van der Waals surface area contributed by atoms with E-state index in [0.717, 1.165) is 0 Å². The van der Waals surface area contributed by atoms with E-state index in [9.17, 15) is 13.2 Å². The van der Waals surface area contributed by atoms with Crippen LogP contribution in [-0.2, 0) is 9.05 Å². The molecule has 4 nitrogen and oxygen atoms in total. The minimum atomic E-state index is -3.83. The van der Waals surface area contributed by atoms with E-state index in [1.165, 1.54) is 11.0 Å². The predicted octanol–water partition coefficient (Wildman–Crippen LogP) is 2.36. The van der Waals surface area contributed by atoms with Crippen LogP contribution in [0.2, 0.25) is 0 Å². The SMILES string of the molecule is CN1C(=O)c2cccc3c(S(=O)(=O)Cl)ccc1c23. The molecule has 0 bridgehead atoms. The Hall–Kier alpha value is -1.59. The van der Waals surface area contributed by atoms with Crippen molar-refractivity contribution in [2.75, 3.05) is 11.9 Å². The molecule has 0 aromatic heterocycles. The highest BCUT2D eigenvalue weighted by atomic mass is 35.7. The van der Waals surface area contributed by atoms with Gasteiger partial charge < -0.3 is 4.90 Å². The molecule has 0 radical (unpaired) electrons. The maximum absolute atomic E-state index is 12.0. The van der Waals surface area contributed by atoms with E-state index >= 15 is 0 Å². The number of nitrogens with zero attached hydrogens (tertiary/aromatic N) is 1. The normalized spacial score (nSPS) is 14.6. The quantitative estimate of drug-likeness (QED) is 0.754. The Morgan fingerprint density at radius 3 is 2.56 bits per heavy atom. The van der Waals surface area contributed by atoms with E-state index in [1.807, 2.05) is 0 Å². The Morgan fingerprint density at radius 1 is 1.17 bits per heavy atom. The van der Waals surface area contributed by atoms with Crippen LogP contribution in [0.5, 0.6) is 0 Å². The topological polar surface area (TPSA) is 54.5 Å². The largest absolute Gasteiger partial charge is 0.311 e. The van der Waals surface area contributed by atoms with E-state index in [4.69, 9.17) is 10.7 Å². The molecule has 92 valence electrons. The summed E-state index contributed by atoms with van der Waals surface area (Å²) in [5.41, 5.74) is 1.21. The van der Waals surface area contributed by atoms with Crippen molar-refractivity contribution in [3.05, 3.63) is 35.9 Å². The number of halogens is 1. The molecule has 0 fully saturated rings. The second-order valence-electron chi connectivity index (χ2n) is 4.11. The van der Waals surface area contributed by atoms with Crippen LogP contribution in [0.1, 0.15) is 10.4 Å². The first kappa shape index (κ1) is 11.5. The Kier molecular flexibility index (Phi) is 2.21. The maximum atomic E-state index is 12.0. The molecule has 2 aromatic carbocycles. The summed E-state index contributed by atoms with van der Waals surface area (Å²) in [6.07, 6.45) is 0. The fourth-order valence-electron chi connectivity index (χ4n) is 2.32. The summed E-state index contributed by atoms with van der Waals surface area (Å²) in [7, 11) is 3.24. The lowest BCUT2D eigenvalue weighted by molar-refractivity contribution is 0.0999. The molecule has 1 amide bonds. The summed E-state index contributed by atoms with van der Waals surface area (Å²) in [4.78, 5) is 13.5. The number of hydrogen-bond donors (Lipinski definition) is 0. The fourth-order valence-corrected chi connectivity index (χ4v) is 3.39. The molecule has 1 aliphatic rings. The van der Waals surface area contributed by atoms with E-state index in [-0.39, 0.29) is 10.8 Å². The van der Waals surface area contributed by atoms with Gasteiger partial charge in [0.25, 0.3) is 15.0 Å². The first-order valence-corrected chi connectivity index (χ1v) is 7.50. The molecule has 0 spiro atoms. The molecule has 18 heavy (non-hydrogen) atoms. The van der Waals surface area contributed by atoms with E-state index in [0.29, 0.717) is 22.0 Å². The molecule has 1 aliphatic heterocycles. The lowest BCUT2D eigenvalue weighted by Crippen LogP contribution is -2.20. The van der Waals surface area contributed by atoms with Crippen molar-refractivity contribution < 1.29 is 13.2 Å². The van der Waals surface area contributed by atoms with Gasteiger partial charge in [0.1, 0.15) is 0 Å². The minimum absolute atomic E-state index is 0.0351. The molecular formula is C12H8ClNO3S. The second kappa shape index (κ2) is 3.46. The van der Waals surface area contributed by atoms with Gasteiger partial charge in [-0.1, -0.05) is 12.1 Å². The molecule has 0 saturated carbocycles. The highest BCUT2D eigenvalue weighted by Crippen LogP contribution is 2.39. The molecule has 6 heteroatoms. The van der Waals surface area contributed by atoms with Gasteiger partial charge in [-0.05, 0) is 18.2 Å². The number of amides is 1. The predicted molar refractivity (Wildman–Crippen MR) is 69.7 cm³/mol. The van der Waals surface area contributed by atoms with Crippen molar-refractivity contribution in [3.8, 4) is 0 Å². The van der Waals surface area contributed by atoms with Crippen LogP contribution < -0.4 is 4.90 Å². The lowest BCUT2D eigenvalue weighted by atomic mass is 10.1. The standard InChI is InChI=1S/C12H8ClNO3S/c1-14-9-5-6-10(18(13,16)17)7-3-2-4-8(11(7)9)12(14)15/h2-6H,1H3. The van der Waals surface area contributed by atoms with Crippen molar-refractivity contribution in [2.24, 2.45) is 0 Å². The van der Waals surface area contributed by atoms with Gasteiger partial charge in [0.15, 0.2) is 0 Å². The van der Waals surface area contributed by atoms with Crippen molar-refractivity contribution in [1.82, 2.24) is 0 Å². The van der Waals surface area contributed by atoms with Crippen molar-refractivity contribution in [1.29, 1.82) is 0 Å². The van der Waals surface area contributed by atoms with Crippen LogP contribution in [0, 0.1) is 0 Å². The summed E-state index contributed by atoms with van der Waals surface area (Å²) in [6, 6.07) is 8.03. The number of anilines is 1. The summed E-state index contributed by atoms with van der Waals surface area (Å²) in [5.74, 6) is -0.139. The zero-order valence-corrected chi connectivity index (χ0v) is 10.9. The van der Waals surface area contributed by atoms with Crippen molar-refractivity contribution in [3.63, 3.8) is 0 Å². The second-order valence-corrected chi connectivity index (χ2v) is 6.65. The summed E-state index contributed by atoms with van der Waals surface area (Å²) >= 11 is 0. The zero-order valence-electron chi connectivity index (χ0n) is 9.34. The van der Waals surface area contributed by atoms with Crippen LogP contribution in [0.3, 0.4) is 0 Å².